The van der Waals surface area contributed by atoms with Crippen LogP contribution in [0.1, 0.15) is 46.0 Å². The summed E-state index contributed by atoms with van der Waals surface area (Å²) < 4.78 is 0. The van der Waals surface area contributed by atoms with E-state index in [1.165, 1.54) is 32.1 Å². The van der Waals surface area contributed by atoms with Crippen molar-refractivity contribution in [1.82, 2.24) is 5.32 Å². The van der Waals surface area contributed by atoms with Gasteiger partial charge in [0.1, 0.15) is 0 Å². The van der Waals surface area contributed by atoms with Crippen molar-refractivity contribution in [2.45, 2.75) is 52.0 Å². The molecule has 0 amide bonds. The molecule has 1 aliphatic carbocycles. The van der Waals surface area contributed by atoms with Gasteiger partial charge in [0, 0.05) is 6.04 Å². The molecule has 0 saturated heterocycles. The smallest absolute Gasteiger partial charge is 0.00667 e. The summed E-state index contributed by atoms with van der Waals surface area (Å²) in [5, 5.41) is 3.41. The van der Waals surface area contributed by atoms with Gasteiger partial charge in [0.25, 0.3) is 0 Å². The molecule has 0 aromatic carbocycles. The van der Waals surface area contributed by atoms with E-state index in [-0.39, 0.29) is 0 Å². The summed E-state index contributed by atoms with van der Waals surface area (Å²) in [4.78, 5) is 0. The van der Waals surface area contributed by atoms with Crippen LogP contribution in [0.2, 0.25) is 0 Å². The van der Waals surface area contributed by atoms with E-state index in [4.69, 9.17) is 0 Å². The van der Waals surface area contributed by atoms with E-state index >= 15 is 0 Å². The Balaban J connectivity index is 2.25. The van der Waals surface area contributed by atoms with Gasteiger partial charge in [-0.15, -0.1) is 0 Å². The number of hydrogen-bond acceptors (Lipinski definition) is 1. The highest BCUT2D eigenvalue weighted by Crippen LogP contribution is 2.28. The standard InChI is InChI=1S/C11H23N/c1-9(2)7-10-5-4-6-11(8-10)12-3/h9-12H,4-8H2,1-3H3. The second kappa shape index (κ2) is 4.86. The van der Waals surface area contributed by atoms with Crippen molar-refractivity contribution in [3.05, 3.63) is 0 Å². The summed E-state index contributed by atoms with van der Waals surface area (Å²) in [5.74, 6) is 1.88. The van der Waals surface area contributed by atoms with Crippen molar-refractivity contribution in [1.29, 1.82) is 0 Å². The van der Waals surface area contributed by atoms with Crippen molar-refractivity contribution in [2.75, 3.05) is 7.05 Å². The van der Waals surface area contributed by atoms with Gasteiger partial charge >= 0.3 is 0 Å². The number of rotatable bonds is 3. The minimum atomic E-state index is 0.808. The first-order valence-electron chi connectivity index (χ1n) is 5.39. The van der Waals surface area contributed by atoms with E-state index in [2.05, 4.69) is 26.2 Å². The molecule has 0 aliphatic heterocycles. The van der Waals surface area contributed by atoms with Crippen LogP contribution in [0.3, 0.4) is 0 Å². The summed E-state index contributed by atoms with van der Waals surface area (Å²) in [5.41, 5.74) is 0. The second-order valence-electron chi connectivity index (χ2n) is 4.65. The first-order chi connectivity index (χ1) is 5.72. The zero-order valence-electron chi connectivity index (χ0n) is 8.77. The van der Waals surface area contributed by atoms with Crippen molar-refractivity contribution in [3.63, 3.8) is 0 Å². The topological polar surface area (TPSA) is 12.0 Å². The highest BCUT2D eigenvalue weighted by molar-refractivity contribution is 4.77. The van der Waals surface area contributed by atoms with E-state index in [1.54, 1.807) is 0 Å². The maximum atomic E-state index is 3.41. The van der Waals surface area contributed by atoms with E-state index in [9.17, 15) is 0 Å². The number of hydrogen-bond donors (Lipinski definition) is 1. The van der Waals surface area contributed by atoms with Crippen molar-refractivity contribution in [3.8, 4) is 0 Å². The third-order valence-electron chi connectivity index (χ3n) is 3.00. The maximum Gasteiger partial charge on any atom is 0.00667 e. The average molecular weight is 169 g/mol. The van der Waals surface area contributed by atoms with Gasteiger partial charge in [0.15, 0.2) is 0 Å². The zero-order chi connectivity index (χ0) is 8.97. The van der Waals surface area contributed by atoms with Gasteiger partial charge in [-0.1, -0.05) is 26.7 Å². The Morgan fingerprint density at radius 1 is 1.33 bits per heavy atom. The lowest BCUT2D eigenvalue weighted by Crippen LogP contribution is -2.31. The van der Waals surface area contributed by atoms with Gasteiger partial charge in [-0.2, -0.15) is 0 Å². The molecular weight excluding hydrogens is 146 g/mol. The lowest BCUT2D eigenvalue weighted by Gasteiger charge is -2.29. The third kappa shape index (κ3) is 3.14. The Bertz CT molecular complexity index is 120. The molecule has 2 unspecified atom stereocenters. The largest absolute Gasteiger partial charge is 0.317 e. The highest BCUT2D eigenvalue weighted by atomic mass is 14.9. The van der Waals surface area contributed by atoms with Crippen LogP contribution >= 0.6 is 0 Å². The molecule has 72 valence electrons. The van der Waals surface area contributed by atoms with Gasteiger partial charge in [-0.25, -0.2) is 0 Å². The normalized spacial score (nSPS) is 31.0. The predicted molar refractivity (Wildman–Crippen MR) is 54.3 cm³/mol. The molecule has 0 aromatic rings. The molecule has 12 heavy (non-hydrogen) atoms. The summed E-state index contributed by atoms with van der Waals surface area (Å²) >= 11 is 0. The molecular formula is C11H23N. The number of nitrogens with one attached hydrogen (secondary N) is 1. The van der Waals surface area contributed by atoms with Gasteiger partial charge in [-0.3, -0.25) is 0 Å². The lowest BCUT2D eigenvalue weighted by molar-refractivity contribution is 0.260. The van der Waals surface area contributed by atoms with Crippen LogP contribution in [-0.2, 0) is 0 Å². The fraction of sp³-hybridized carbons (Fsp3) is 1.00. The molecule has 1 rings (SSSR count). The van der Waals surface area contributed by atoms with E-state index in [0.717, 1.165) is 17.9 Å². The maximum absolute atomic E-state index is 3.41. The fourth-order valence-electron chi connectivity index (χ4n) is 2.43. The van der Waals surface area contributed by atoms with Crippen molar-refractivity contribution >= 4 is 0 Å². The first kappa shape index (κ1) is 10.0. The molecule has 0 heterocycles. The van der Waals surface area contributed by atoms with Crippen LogP contribution in [0.15, 0.2) is 0 Å². The SMILES string of the molecule is CNC1CCCC(CC(C)C)C1. The molecule has 1 saturated carbocycles. The fourth-order valence-corrected chi connectivity index (χ4v) is 2.43. The monoisotopic (exact) mass is 169 g/mol. The molecule has 2 atom stereocenters. The van der Waals surface area contributed by atoms with Gasteiger partial charge < -0.3 is 5.32 Å². The van der Waals surface area contributed by atoms with E-state index < -0.39 is 0 Å². The lowest BCUT2D eigenvalue weighted by atomic mass is 9.81. The summed E-state index contributed by atoms with van der Waals surface area (Å²) in [6, 6.07) is 0.808. The van der Waals surface area contributed by atoms with Crippen LogP contribution in [0.5, 0.6) is 0 Å². The Morgan fingerprint density at radius 2 is 2.08 bits per heavy atom. The van der Waals surface area contributed by atoms with Crippen LogP contribution < -0.4 is 5.32 Å². The molecule has 0 aromatic heterocycles. The minimum absolute atomic E-state index is 0.808. The quantitative estimate of drug-likeness (QED) is 0.685. The predicted octanol–water partition coefficient (Wildman–Crippen LogP) is 2.81. The Kier molecular flexibility index (Phi) is 4.07. The van der Waals surface area contributed by atoms with Crippen LogP contribution in [0.25, 0.3) is 0 Å². The van der Waals surface area contributed by atoms with E-state index in [0.29, 0.717) is 0 Å². The molecule has 1 fully saturated rings. The van der Waals surface area contributed by atoms with Gasteiger partial charge in [-0.05, 0) is 38.1 Å². The summed E-state index contributed by atoms with van der Waals surface area (Å²) in [6.45, 7) is 4.67. The van der Waals surface area contributed by atoms with Crippen molar-refractivity contribution < 1.29 is 0 Å². The van der Waals surface area contributed by atoms with Crippen LogP contribution in [0.4, 0.5) is 0 Å². The van der Waals surface area contributed by atoms with Gasteiger partial charge in [0.05, 0.1) is 0 Å². The van der Waals surface area contributed by atoms with E-state index in [1.807, 2.05) is 0 Å². The summed E-state index contributed by atoms with van der Waals surface area (Å²) in [6.07, 6.45) is 7.14. The Morgan fingerprint density at radius 3 is 2.67 bits per heavy atom. The molecule has 0 spiro atoms. The zero-order valence-corrected chi connectivity index (χ0v) is 8.77. The van der Waals surface area contributed by atoms with Crippen molar-refractivity contribution in [2.24, 2.45) is 11.8 Å². The molecule has 1 heteroatoms. The Hall–Kier alpha value is -0.0400. The first-order valence-corrected chi connectivity index (χ1v) is 5.39. The summed E-state index contributed by atoms with van der Waals surface area (Å²) in [7, 11) is 2.10. The van der Waals surface area contributed by atoms with Gasteiger partial charge in [0.2, 0.25) is 0 Å². The highest BCUT2D eigenvalue weighted by Gasteiger charge is 2.20. The Labute approximate surface area is 76.9 Å². The van der Waals surface area contributed by atoms with Crippen LogP contribution in [0, 0.1) is 11.8 Å². The molecule has 1 aliphatic rings. The molecule has 0 radical (unpaired) electrons. The minimum Gasteiger partial charge on any atom is -0.317 e. The molecule has 1 nitrogen and oxygen atoms in total. The van der Waals surface area contributed by atoms with Crippen LogP contribution in [-0.4, -0.2) is 13.1 Å². The molecule has 1 N–H and O–H groups in total. The third-order valence-corrected chi connectivity index (χ3v) is 3.00. The molecule has 0 bridgehead atoms. The average Bonchev–Trinajstić information content (AvgIpc) is 2.03. The second-order valence-corrected chi connectivity index (χ2v) is 4.65.